The molecule has 0 fully saturated rings. The first-order valence-corrected chi connectivity index (χ1v) is 8.61. The molecule has 1 N–H and O–H groups in total. The highest BCUT2D eigenvalue weighted by Crippen LogP contribution is 2.36. The molecule has 1 aromatic heterocycles. The highest BCUT2D eigenvalue weighted by molar-refractivity contribution is 9.10. The normalized spacial score (nSPS) is 15.5. The number of benzene rings is 1. The molecule has 0 amide bonds. The van der Waals surface area contributed by atoms with Crippen LogP contribution in [0.5, 0.6) is 5.88 Å². The minimum Gasteiger partial charge on any atom is -0.493 e. The molecule has 0 bridgehead atoms. The second kappa shape index (κ2) is 6.37. The first-order chi connectivity index (χ1) is 11.4. The van der Waals surface area contributed by atoms with Gasteiger partial charge in [-0.25, -0.2) is 4.79 Å². The molecule has 124 valence electrons. The van der Waals surface area contributed by atoms with E-state index in [0.717, 1.165) is 37.2 Å². The van der Waals surface area contributed by atoms with Gasteiger partial charge in [0.25, 0.3) is 0 Å². The zero-order valence-electron chi connectivity index (χ0n) is 12.8. The third-order valence-electron chi connectivity index (χ3n) is 3.67. The fraction of sp³-hybridized carbons (Fsp3) is 0.188. The third kappa shape index (κ3) is 2.83. The highest BCUT2D eigenvalue weighted by Gasteiger charge is 2.24. The number of halogens is 1. The average molecular weight is 409 g/mol. The molecular weight excluding hydrogens is 396 g/mol. The summed E-state index contributed by atoms with van der Waals surface area (Å²) < 4.78 is 6.57. The van der Waals surface area contributed by atoms with E-state index in [2.05, 4.69) is 25.7 Å². The lowest BCUT2D eigenvalue weighted by molar-refractivity contribution is -0.144. The van der Waals surface area contributed by atoms with Crippen molar-refractivity contribution in [3.8, 4) is 5.88 Å². The summed E-state index contributed by atoms with van der Waals surface area (Å²) in [5, 5.41) is 10.4. The van der Waals surface area contributed by atoms with Gasteiger partial charge in [-0.3, -0.25) is 14.4 Å². The Morgan fingerprint density at radius 3 is 2.96 bits per heavy atom. The molecule has 1 aromatic carbocycles. The summed E-state index contributed by atoms with van der Waals surface area (Å²) in [4.78, 5) is 28.0. The van der Waals surface area contributed by atoms with Gasteiger partial charge in [-0.15, -0.1) is 0 Å². The van der Waals surface area contributed by atoms with Crippen LogP contribution in [0.1, 0.15) is 23.4 Å². The summed E-state index contributed by atoms with van der Waals surface area (Å²) in [6, 6.07) is 4.79. The van der Waals surface area contributed by atoms with E-state index in [4.69, 9.17) is 0 Å². The van der Waals surface area contributed by atoms with Gasteiger partial charge in [-0.05, 0) is 31.2 Å². The molecule has 1 aliphatic rings. The largest absolute Gasteiger partial charge is 0.493 e. The molecule has 2 aromatic rings. The molecule has 0 saturated heterocycles. The van der Waals surface area contributed by atoms with E-state index in [0.29, 0.717) is 4.88 Å². The molecule has 24 heavy (non-hydrogen) atoms. The van der Waals surface area contributed by atoms with Crippen molar-refractivity contribution < 1.29 is 14.6 Å². The summed E-state index contributed by atoms with van der Waals surface area (Å²) in [6.45, 7) is 1.50. The zero-order chi connectivity index (χ0) is 17.4. The number of carbonyl (C=O) groups excluding carboxylic acids is 1. The van der Waals surface area contributed by atoms with Crippen molar-refractivity contribution in [1.29, 1.82) is 0 Å². The van der Waals surface area contributed by atoms with Crippen molar-refractivity contribution in [3.63, 3.8) is 0 Å². The lowest BCUT2D eigenvalue weighted by atomic mass is 10.1. The standard InChI is InChI=1S/C16H13BrN2O4S/c1-8(15(21)23-2)19-14(20)13(24-16(19)22)5-9-7-18-12-4-3-10(17)6-11(9)12/h3-8,20H,1-2H3/t8-/m0/s1. The number of carbonyl (C=O) groups is 1. The van der Waals surface area contributed by atoms with E-state index in [1.54, 1.807) is 12.3 Å². The number of aromatic nitrogens is 1. The van der Waals surface area contributed by atoms with Gasteiger partial charge in [0.1, 0.15) is 6.04 Å². The molecule has 3 rings (SSSR count). The van der Waals surface area contributed by atoms with Crippen LogP contribution in [0, 0.1) is 0 Å². The Morgan fingerprint density at radius 2 is 2.25 bits per heavy atom. The molecular formula is C16H13BrN2O4S. The number of esters is 1. The molecule has 0 radical (unpaired) electrons. The van der Waals surface area contributed by atoms with E-state index in [9.17, 15) is 14.7 Å². The summed E-state index contributed by atoms with van der Waals surface area (Å²) in [5.41, 5.74) is 2.50. The van der Waals surface area contributed by atoms with Crippen LogP contribution in [0.25, 0.3) is 11.6 Å². The minimum absolute atomic E-state index is 0.257. The average Bonchev–Trinajstić information content (AvgIpc) is 3.07. The Labute approximate surface area is 149 Å². The van der Waals surface area contributed by atoms with Gasteiger partial charge < -0.3 is 9.84 Å². The minimum atomic E-state index is -0.899. The van der Waals surface area contributed by atoms with Crippen LogP contribution < -0.4 is 4.87 Å². The number of hydrogen-bond donors (Lipinski definition) is 1. The van der Waals surface area contributed by atoms with Gasteiger partial charge in [0, 0.05) is 21.8 Å². The highest BCUT2D eigenvalue weighted by atomic mass is 79.9. The van der Waals surface area contributed by atoms with Crippen molar-refractivity contribution in [1.82, 2.24) is 4.57 Å². The predicted molar refractivity (Wildman–Crippen MR) is 97.1 cm³/mol. The molecule has 2 heterocycles. The van der Waals surface area contributed by atoms with Gasteiger partial charge >= 0.3 is 10.8 Å². The molecule has 0 saturated carbocycles. The fourth-order valence-electron chi connectivity index (χ4n) is 2.42. The zero-order valence-corrected chi connectivity index (χ0v) is 15.2. The Balaban J connectivity index is 2.05. The number of allylic oxidation sites excluding steroid dienone is 1. The number of ether oxygens (including phenoxy) is 1. The van der Waals surface area contributed by atoms with Crippen molar-refractivity contribution in [2.75, 3.05) is 7.11 Å². The van der Waals surface area contributed by atoms with Crippen LogP contribution in [0.15, 0.2) is 32.5 Å². The maximum absolute atomic E-state index is 12.1. The van der Waals surface area contributed by atoms with Crippen LogP contribution in [0.4, 0.5) is 5.69 Å². The molecule has 0 spiro atoms. The van der Waals surface area contributed by atoms with Crippen LogP contribution in [-0.4, -0.2) is 29.0 Å². The molecule has 0 aliphatic carbocycles. The second-order valence-electron chi connectivity index (χ2n) is 5.14. The van der Waals surface area contributed by atoms with Crippen molar-refractivity contribution in [2.45, 2.75) is 13.0 Å². The van der Waals surface area contributed by atoms with Gasteiger partial charge in [0.15, 0.2) is 0 Å². The van der Waals surface area contributed by atoms with E-state index in [1.165, 1.54) is 14.0 Å². The third-order valence-corrected chi connectivity index (χ3v) is 5.06. The van der Waals surface area contributed by atoms with Crippen LogP contribution in [0.3, 0.4) is 0 Å². The van der Waals surface area contributed by atoms with Crippen LogP contribution in [-0.2, 0) is 9.53 Å². The number of fused-ring (bicyclic) bond motifs is 1. The number of methoxy groups -OCH3 is 1. The van der Waals surface area contributed by atoms with E-state index >= 15 is 0 Å². The summed E-state index contributed by atoms with van der Waals surface area (Å²) in [6.07, 6.45) is 3.36. The van der Waals surface area contributed by atoms with Gasteiger partial charge in [-0.2, -0.15) is 0 Å². The summed E-state index contributed by atoms with van der Waals surface area (Å²) in [7, 11) is 1.24. The molecule has 0 unspecified atom stereocenters. The topological polar surface area (TPSA) is 80.9 Å². The summed E-state index contributed by atoms with van der Waals surface area (Å²) in [5.74, 6) is -0.853. The maximum atomic E-state index is 12.1. The molecule has 1 aliphatic heterocycles. The SMILES string of the molecule is COC(=O)[C@H](C)n1c(O)c(C=C2C=Nc3ccc(Br)cc32)sc1=O. The lowest BCUT2D eigenvalue weighted by Crippen LogP contribution is -2.24. The Morgan fingerprint density at radius 1 is 1.50 bits per heavy atom. The Kier molecular flexibility index (Phi) is 4.42. The van der Waals surface area contributed by atoms with Gasteiger partial charge in [0.05, 0.1) is 17.7 Å². The number of hydrogen-bond acceptors (Lipinski definition) is 6. The van der Waals surface area contributed by atoms with E-state index < -0.39 is 16.9 Å². The predicted octanol–water partition coefficient (Wildman–Crippen LogP) is 3.37. The number of nitrogens with zero attached hydrogens (tertiary/aromatic N) is 2. The van der Waals surface area contributed by atoms with Gasteiger partial charge in [0.2, 0.25) is 5.88 Å². The van der Waals surface area contributed by atoms with E-state index in [-0.39, 0.29) is 5.88 Å². The lowest BCUT2D eigenvalue weighted by Gasteiger charge is -2.10. The monoisotopic (exact) mass is 408 g/mol. The van der Waals surface area contributed by atoms with Crippen molar-refractivity contribution in [3.05, 3.63) is 42.8 Å². The molecule has 1 atom stereocenters. The number of aromatic hydroxyl groups is 1. The first kappa shape index (κ1) is 16.7. The molecule has 6 nitrogen and oxygen atoms in total. The quantitative estimate of drug-likeness (QED) is 0.789. The smallest absolute Gasteiger partial charge is 0.328 e. The number of thiazole rings is 1. The number of aliphatic imine (C=N–C) groups is 1. The number of rotatable bonds is 3. The van der Waals surface area contributed by atoms with Crippen molar-refractivity contribution >= 4 is 56.8 Å². The maximum Gasteiger partial charge on any atom is 0.328 e. The first-order valence-electron chi connectivity index (χ1n) is 7.00. The van der Waals surface area contributed by atoms with Crippen LogP contribution in [0.2, 0.25) is 0 Å². The van der Waals surface area contributed by atoms with Gasteiger partial charge in [-0.1, -0.05) is 27.3 Å². The summed E-state index contributed by atoms with van der Waals surface area (Å²) >= 11 is 4.28. The second-order valence-corrected chi connectivity index (χ2v) is 7.05. The molecule has 8 heteroatoms. The van der Waals surface area contributed by atoms with Crippen molar-refractivity contribution in [2.24, 2.45) is 4.99 Å². The fourth-order valence-corrected chi connectivity index (χ4v) is 3.69. The Hall–Kier alpha value is -2.19. The Bertz CT molecular complexity index is 942. The van der Waals surface area contributed by atoms with E-state index in [1.807, 2.05) is 18.2 Å². The van der Waals surface area contributed by atoms with Crippen LogP contribution >= 0.6 is 27.3 Å².